The topological polar surface area (TPSA) is 110 Å². The molecule has 0 saturated heterocycles. The second kappa shape index (κ2) is 5.26. The summed E-state index contributed by atoms with van der Waals surface area (Å²) < 4.78 is 0. The first-order valence-corrected chi connectivity index (χ1v) is 5.91. The minimum absolute atomic E-state index is 0.277. The van der Waals surface area contributed by atoms with Crippen molar-refractivity contribution in [2.45, 2.75) is 18.6 Å². The quantitative estimate of drug-likeness (QED) is 0.606. The summed E-state index contributed by atoms with van der Waals surface area (Å²) in [5.74, 6) is -0.653. The standard InChI is InChI=1S/C14H16N2O3/c15-11-4-3-8-5-10(2-1-9(8)6-11)14(19)12(17)7-13(16)18/h1-6,12,14,17,19H,7,15H2,(H2,16,18). The van der Waals surface area contributed by atoms with Crippen LogP contribution in [0.3, 0.4) is 0 Å². The number of nitrogen functional groups attached to an aromatic ring is 1. The molecule has 0 fully saturated rings. The number of aliphatic hydroxyl groups excluding tert-OH is 2. The minimum Gasteiger partial charge on any atom is -0.399 e. The molecule has 100 valence electrons. The molecule has 0 aliphatic heterocycles. The number of benzene rings is 2. The third-order valence-corrected chi connectivity index (χ3v) is 3.00. The zero-order valence-electron chi connectivity index (χ0n) is 10.3. The Morgan fingerprint density at radius 2 is 1.74 bits per heavy atom. The molecule has 0 aromatic heterocycles. The van der Waals surface area contributed by atoms with Gasteiger partial charge in [0.05, 0.1) is 12.5 Å². The van der Waals surface area contributed by atoms with Gasteiger partial charge in [-0.3, -0.25) is 4.79 Å². The summed E-state index contributed by atoms with van der Waals surface area (Å²) in [4.78, 5) is 10.7. The van der Waals surface area contributed by atoms with Crippen LogP contribution in [0.4, 0.5) is 5.69 Å². The van der Waals surface area contributed by atoms with Crippen molar-refractivity contribution in [1.29, 1.82) is 0 Å². The zero-order chi connectivity index (χ0) is 14.0. The van der Waals surface area contributed by atoms with Crippen LogP contribution in [0.25, 0.3) is 10.8 Å². The molecule has 1 amide bonds. The number of aliphatic hydroxyl groups is 2. The fraction of sp³-hybridized carbons (Fsp3) is 0.214. The molecule has 0 bridgehead atoms. The highest BCUT2D eigenvalue weighted by Gasteiger charge is 2.20. The van der Waals surface area contributed by atoms with Crippen molar-refractivity contribution in [2.24, 2.45) is 5.73 Å². The van der Waals surface area contributed by atoms with Crippen LogP contribution in [-0.4, -0.2) is 22.2 Å². The molecular weight excluding hydrogens is 244 g/mol. The predicted molar refractivity (Wildman–Crippen MR) is 73.1 cm³/mol. The monoisotopic (exact) mass is 260 g/mol. The Morgan fingerprint density at radius 3 is 2.42 bits per heavy atom. The second-order valence-corrected chi connectivity index (χ2v) is 4.55. The third-order valence-electron chi connectivity index (χ3n) is 3.00. The molecular formula is C14H16N2O3. The van der Waals surface area contributed by atoms with Gasteiger partial charge in [0.2, 0.25) is 5.91 Å². The summed E-state index contributed by atoms with van der Waals surface area (Å²) in [6, 6.07) is 10.7. The largest absolute Gasteiger partial charge is 0.399 e. The van der Waals surface area contributed by atoms with Crippen LogP contribution >= 0.6 is 0 Å². The van der Waals surface area contributed by atoms with Gasteiger partial charge >= 0.3 is 0 Å². The summed E-state index contributed by atoms with van der Waals surface area (Å²) in [6.07, 6.45) is -2.63. The number of anilines is 1. The lowest BCUT2D eigenvalue weighted by Gasteiger charge is -2.17. The van der Waals surface area contributed by atoms with Crippen molar-refractivity contribution in [3.8, 4) is 0 Å². The molecule has 2 atom stereocenters. The van der Waals surface area contributed by atoms with Crippen LogP contribution in [0.1, 0.15) is 18.1 Å². The van der Waals surface area contributed by atoms with Crippen LogP contribution in [0.5, 0.6) is 0 Å². The number of rotatable bonds is 4. The smallest absolute Gasteiger partial charge is 0.220 e. The van der Waals surface area contributed by atoms with Crippen molar-refractivity contribution in [1.82, 2.24) is 0 Å². The van der Waals surface area contributed by atoms with Crippen LogP contribution in [0.15, 0.2) is 36.4 Å². The molecule has 5 heteroatoms. The molecule has 2 aromatic rings. The van der Waals surface area contributed by atoms with Gasteiger partial charge in [-0.15, -0.1) is 0 Å². The van der Waals surface area contributed by atoms with E-state index >= 15 is 0 Å². The van der Waals surface area contributed by atoms with Gasteiger partial charge in [-0.1, -0.05) is 18.2 Å². The van der Waals surface area contributed by atoms with E-state index in [0.29, 0.717) is 11.3 Å². The molecule has 2 aromatic carbocycles. The Hall–Kier alpha value is -2.11. The van der Waals surface area contributed by atoms with E-state index in [9.17, 15) is 15.0 Å². The molecule has 6 N–H and O–H groups in total. The Kier molecular flexibility index (Phi) is 3.69. The van der Waals surface area contributed by atoms with E-state index < -0.39 is 18.1 Å². The summed E-state index contributed by atoms with van der Waals surface area (Å²) in [5, 5.41) is 21.5. The second-order valence-electron chi connectivity index (χ2n) is 4.55. The van der Waals surface area contributed by atoms with Gasteiger partial charge in [0.25, 0.3) is 0 Å². The van der Waals surface area contributed by atoms with E-state index in [1.807, 2.05) is 12.1 Å². The molecule has 0 aliphatic rings. The fourth-order valence-corrected chi connectivity index (χ4v) is 2.01. The number of fused-ring (bicyclic) bond motifs is 1. The SMILES string of the molecule is NC(=O)CC(O)C(O)c1ccc2cc(N)ccc2c1. The van der Waals surface area contributed by atoms with Gasteiger partial charge in [0.1, 0.15) is 6.10 Å². The molecule has 2 rings (SSSR count). The third kappa shape index (κ3) is 3.01. The maximum atomic E-state index is 10.7. The van der Waals surface area contributed by atoms with Crippen LogP contribution in [0.2, 0.25) is 0 Å². The summed E-state index contributed by atoms with van der Waals surface area (Å²) in [7, 11) is 0. The van der Waals surface area contributed by atoms with Crippen LogP contribution in [0, 0.1) is 0 Å². The maximum absolute atomic E-state index is 10.7. The normalized spacial score (nSPS) is 14.2. The first-order valence-electron chi connectivity index (χ1n) is 5.91. The Labute approximate surface area is 110 Å². The minimum atomic E-state index is -1.20. The van der Waals surface area contributed by atoms with Gasteiger partial charge in [-0.05, 0) is 34.5 Å². The van der Waals surface area contributed by atoms with E-state index in [4.69, 9.17) is 11.5 Å². The molecule has 0 radical (unpaired) electrons. The highest BCUT2D eigenvalue weighted by molar-refractivity contribution is 5.86. The fourth-order valence-electron chi connectivity index (χ4n) is 2.01. The lowest BCUT2D eigenvalue weighted by molar-refractivity contribution is -0.121. The van der Waals surface area contributed by atoms with Crippen molar-refractivity contribution < 1.29 is 15.0 Å². The number of carbonyl (C=O) groups is 1. The van der Waals surface area contributed by atoms with Gasteiger partial charge in [0.15, 0.2) is 0 Å². The van der Waals surface area contributed by atoms with Crippen molar-refractivity contribution in [3.63, 3.8) is 0 Å². The van der Waals surface area contributed by atoms with Crippen LogP contribution < -0.4 is 11.5 Å². The number of nitrogens with two attached hydrogens (primary N) is 2. The zero-order valence-corrected chi connectivity index (χ0v) is 10.3. The number of hydrogen-bond donors (Lipinski definition) is 4. The summed E-state index contributed by atoms with van der Waals surface area (Å²) in [6.45, 7) is 0. The molecule has 19 heavy (non-hydrogen) atoms. The van der Waals surface area contributed by atoms with E-state index in [0.717, 1.165) is 10.8 Å². The maximum Gasteiger partial charge on any atom is 0.220 e. The van der Waals surface area contributed by atoms with E-state index in [1.54, 1.807) is 24.3 Å². The Bertz CT molecular complexity index is 613. The van der Waals surface area contributed by atoms with E-state index in [-0.39, 0.29) is 6.42 Å². The molecule has 0 spiro atoms. The highest BCUT2D eigenvalue weighted by Crippen LogP contribution is 2.24. The molecule has 0 heterocycles. The summed E-state index contributed by atoms with van der Waals surface area (Å²) in [5.41, 5.74) is 11.9. The summed E-state index contributed by atoms with van der Waals surface area (Å²) >= 11 is 0. The number of carbonyl (C=O) groups excluding carboxylic acids is 1. The van der Waals surface area contributed by atoms with Gasteiger partial charge in [-0.2, -0.15) is 0 Å². The Balaban J connectivity index is 2.30. The van der Waals surface area contributed by atoms with Gasteiger partial charge < -0.3 is 21.7 Å². The van der Waals surface area contributed by atoms with Gasteiger partial charge in [-0.25, -0.2) is 0 Å². The average molecular weight is 260 g/mol. The van der Waals surface area contributed by atoms with Gasteiger partial charge in [0, 0.05) is 5.69 Å². The van der Waals surface area contributed by atoms with Crippen molar-refractivity contribution >= 4 is 22.4 Å². The lowest BCUT2D eigenvalue weighted by Crippen LogP contribution is -2.25. The highest BCUT2D eigenvalue weighted by atomic mass is 16.3. The van der Waals surface area contributed by atoms with Crippen LogP contribution in [-0.2, 0) is 4.79 Å². The first-order chi connectivity index (χ1) is 8.97. The number of hydrogen-bond acceptors (Lipinski definition) is 4. The van der Waals surface area contributed by atoms with E-state index in [2.05, 4.69) is 0 Å². The van der Waals surface area contributed by atoms with Crippen molar-refractivity contribution in [2.75, 3.05) is 5.73 Å². The predicted octanol–water partition coefficient (Wildman–Crippen LogP) is 0.692. The molecule has 0 saturated carbocycles. The molecule has 5 nitrogen and oxygen atoms in total. The molecule has 0 aliphatic carbocycles. The average Bonchev–Trinajstić information content (AvgIpc) is 2.36. The Morgan fingerprint density at radius 1 is 1.11 bits per heavy atom. The number of amides is 1. The molecule has 2 unspecified atom stereocenters. The number of primary amides is 1. The van der Waals surface area contributed by atoms with Crippen molar-refractivity contribution in [3.05, 3.63) is 42.0 Å². The first kappa shape index (κ1) is 13.3. The van der Waals surface area contributed by atoms with E-state index in [1.165, 1.54) is 0 Å². The lowest BCUT2D eigenvalue weighted by atomic mass is 9.98.